The molecule has 0 unspecified atom stereocenters. The molecule has 0 aromatic carbocycles. The molecule has 0 aromatic rings. The number of hydrogen-bond acceptors (Lipinski definition) is 5. The maximum Gasteiger partial charge on any atom is 0.352 e. The van der Waals surface area contributed by atoms with Gasteiger partial charge in [0.1, 0.15) is 12.3 Å². The molecule has 0 aromatic heterocycles. The molecule has 1 aliphatic heterocycles. The van der Waals surface area contributed by atoms with Gasteiger partial charge in [-0.2, -0.15) is 5.10 Å². The Morgan fingerprint density at radius 3 is 2.84 bits per heavy atom. The summed E-state index contributed by atoms with van der Waals surface area (Å²) in [7, 11) is 1.57. The Kier molecular flexibility index (Phi) is 5.94. The lowest BCUT2D eigenvalue weighted by atomic mass is 10.2. The molecule has 0 saturated carbocycles. The van der Waals surface area contributed by atoms with E-state index in [2.05, 4.69) is 10.4 Å². The molecule has 2 N–H and O–H groups in total. The number of carboxylic acids is 1. The van der Waals surface area contributed by atoms with E-state index >= 15 is 0 Å². The third kappa shape index (κ3) is 5.04. The van der Waals surface area contributed by atoms with Gasteiger partial charge in [-0.15, -0.1) is 0 Å². The Morgan fingerprint density at radius 2 is 2.21 bits per heavy atom. The van der Waals surface area contributed by atoms with Crippen molar-refractivity contribution in [2.75, 3.05) is 26.8 Å². The van der Waals surface area contributed by atoms with Crippen LogP contribution in [0.25, 0.3) is 0 Å². The fraction of sp³-hybridized carbons (Fsp3) is 0.636. The van der Waals surface area contributed by atoms with Crippen LogP contribution >= 0.6 is 0 Å². The quantitative estimate of drug-likeness (QED) is 0.589. The summed E-state index contributed by atoms with van der Waals surface area (Å²) in [5.74, 6) is -1.89. The predicted molar refractivity (Wildman–Crippen MR) is 65.5 cm³/mol. The predicted octanol–water partition coefficient (Wildman–Crippen LogP) is -0.798. The van der Waals surface area contributed by atoms with Crippen LogP contribution in [-0.4, -0.2) is 60.4 Å². The van der Waals surface area contributed by atoms with Crippen LogP contribution in [0.4, 0.5) is 0 Å². The van der Waals surface area contributed by atoms with Gasteiger partial charge in [-0.05, 0) is 6.42 Å². The van der Waals surface area contributed by atoms with E-state index in [-0.39, 0.29) is 36.9 Å². The zero-order valence-corrected chi connectivity index (χ0v) is 10.7. The number of carboxylic acid groups (broad SMARTS) is 1. The number of hydrogen-bond donors (Lipinski definition) is 2. The Labute approximate surface area is 110 Å². The molecule has 1 aliphatic rings. The van der Waals surface area contributed by atoms with Crippen molar-refractivity contribution in [2.45, 2.75) is 19.3 Å². The summed E-state index contributed by atoms with van der Waals surface area (Å²) in [5.41, 5.74) is -0.105. The summed E-state index contributed by atoms with van der Waals surface area (Å²) in [4.78, 5) is 33.8. The number of amides is 2. The number of carbonyl (C=O) groups is 3. The fourth-order valence-corrected chi connectivity index (χ4v) is 1.52. The second-order valence-corrected chi connectivity index (χ2v) is 4.00. The topological polar surface area (TPSA) is 108 Å². The van der Waals surface area contributed by atoms with Crippen molar-refractivity contribution in [3.8, 4) is 0 Å². The number of rotatable bonds is 7. The Balaban J connectivity index is 2.45. The van der Waals surface area contributed by atoms with Crippen molar-refractivity contribution in [3.05, 3.63) is 0 Å². The molecule has 0 spiro atoms. The normalized spacial score (nSPS) is 15.1. The van der Waals surface area contributed by atoms with Crippen LogP contribution in [-0.2, 0) is 19.1 Å². The number of hydrazone groups is 1. The van der Waals surface area contributed by atoms with E-state index in [9.17, 15) is 14.4 Å². The van der Waals surface area contributed by atoms with Crippen LogP contribution in [0.2, 0.25) is 0 Å². The summed E-state index contributed by atoms with van der Waals surface area (Å²) in [5, 5.41) is 16.0. The average molecular weight is 271 g/mol. The third-order valence-corrected chi connectivity index (χ3v) is 2.49. The monoisotopic (exact) mass is 271 g/mol. The van der Waals surface area contributed by atoms with Gasteiger partial charge in [0.2, 0.25) is 11.8 Å². The first-order chi connectivity index (χ1) is 9.04. The highest BCUT2D eigenvalue weighted by Crippen LogP contribution is 2.08. The van der Waals surface area contributed by atoms with E-state index in [1.54, 1.807) is 7.11 Å². The number of aliphatic carboxylic acids is 1. The summed E-state index contributed by atoms with van der Waals surface area (Å²) in [6.07, 6.45) is 0.821. The highest BCUT2D eigenvalue weighted by Gasteiger charge is 2.25. The first kappa shape index (κ1) is 15.1. The van der Waals surface area contributed by atoms with Crippen molar-refractivity contribution >= 4 is 23.5 Å². The van der Waals surface area contributed by atoms with Crippen LogP contribution in [0.15, 0.2) is 5.10 Å². The van der Waals surface area contributed by atoms with Crippen molar-refractivity contribution < 1.29 is 24.2 Å². The van der Waals surface area contributed by atoms with Gasteiger partial charge in [-0.25, -0.2) is 9.80 Å². The highest BCUT2D eigenvalue weighted by atomic mass is 16.5. The molecule has 0 bridgehead atoms. The van der Waals surface area contributed by atoms with E-state index in [4.69, 9.17) is 9.84 Å². The molecule has 0 aliphatic carbocycles. The van der Waals surface area contributed by atoms with Crippen LogP contribution in [0, 0.1) is 0 Å². The zero-order chi connectivity index (χ0) is 14.3. The minimum absolute atomic E-state index is 0.0576. The van der Waals surface area contributed by atoms with E-state index in [0.29, 0.717) is 19.6 Å². The van der Waals surface area contributed by atoms with E-state index < -0.39 is 5.97 Å². The molecule has 0 radical (unpaired) electrons. The maximum atomic E-state index is 11.5. The number of nitrogens with zero attached hydrogens (tertiary/aromatic N) is 2. The van der Waals surface area contributed by atoms with Crippen molar-refractivity contribution in [3.63, 3.8) is 0 Å². The maximum absolute atomic E-state index is 11.5. The molecular weight excluding hydrogens is 254 g/mol. The molecule has 1 heterocycles. The molecule has 8 heteroatoms. The van der Waals surface area contributed by atoms with Crippen LogP contribution < -0.4 is 5.32 Å². The molecule has 8 nitrogen and oxygen atoms in total. The molecule has 19 heavy (non-hydrogen) atoms. The van der Waals surface area contributed by atoms with E-state index in [1.807, 2.05) is 0 Å². The lowest BCUT2D eigenvalue weighted by Gasteiger charge is -2.21. The standard InChI is InChI=1S/C11H17N3O5/c1-19-6-2-5-12-9(15)7-14-10(16)4-3-8(13-14)11(17)18/h2-7H2,1H3,(H,12,15)(H,17,18). The van der Waals surface area contributed by atoms with Gasteiger partial charge >= 0.3 is 5.97 Å². The van der Waals surface area contributed by atoms with Gasteiger partial charge < -0.3 is 15.2 Å². The Hall–Kier alpha value is -1.96. The number of ether oxygens (including phenoxy) is 1. The Bertz CT molecular complexity index is 394. The molecule has 1 rings (SSSR count). The van der Waals surface area contributed by atoms with Crippen molar-refractivity contribution in [1.29, 1.82) is 0 Å². The third-order valence-electron chi connectivity index (χ3n) is 2.49. The average Bonchev–Trinajstić information content (AvgIpc) is 2.37. The minimum atomic E-state index is -1.17. The first-order valence-corrected chi connectivity index (χ1v) is 5.91. The molecule has 2 amide bonds. The van der Waals surface area contributed by atoms with Gasteiger partial charge in [-0.3, -0.25) is 9.59 Å². The van der Waals surface area contributed by atoms with E-state index in [0.717, 1.165) is 5.01 Å². The number of carbonyl (C=O) groups excluding carboxylic acids is 2. The summed E-state index contributed by atoms with van der Waals surface area (Å²) in [6, 6.07) is 0. The molecular formula is C11H17N3O5. The smallest absolute Gasteiger partial charge is 0.352 e. The Morgan fingerprint density at radius 1 is 1.47 bits per heavy atom. The van der Waals surface area contributed by atoms with Gasteiger partial charge in [0.15, 0.2) is 0 Å². The molecule has 106 valence electrons. The second kappa shape index (κ2) is 7.47. The summed E-state index contributed by atoms with van der Waals surface area (Å²) >= 11 is 0. The van der Waals surface area contributed by atoms with Crippen LogP contribution in [0.1, 0.15) is 19.3 Å². The lowest BCUT2D eigenvalue weighted by Crippen LogP contribution is -2.41. The minimum Gasteiger partial charge on any atom is -0.477 e. The largest absolute Gasteiger partial charge is 0.477 e. The fourth-order valence-electron chi connectivity index (χ4n) is 1.52. The SMILES string of the molecule is COCCCNC(=O)CN1N=C(C(=O)O)CCC1=O. The molecule has 0 saturated heterocycles. The van der Waals surface area contributed by atoms with Crippen LogP contribution in [0.5, 0.6) is 0 Å². The number of nitrogens with one attached hydrogen (secondary N) is 1. The van der Waals surface area contributed by atoms with Crippen molar-refractivity contribution in [2.24, 2.45) is 5.10 Å². The van der Waals surface area contributed by atoms with Gasteiger partial charge in [0.25, 0.3) is 0 Å². The summed E-state index contributed by atoms with van der Waals surface area (Å²) < 4.78 is 4.83. The lowest BCUT2D eigenvalue weighted by molar-refractivity contribution is -0.137. The van der Waals surface area contributed by atoms with E-state index in [1.165, 1.54) is 0 Å². The zero-order valence-electron chi connectivity index (χ0n) is 10.7. The summed E-state index contributed by atoms with van der Waals surface area (Å²) in [6.45, 7) is 0.705. The van der Waals surface area contributed by atoms with Gasteiger partial charge in [-0.1, -0.05) is 0 Å². The highest BCUT2D eigenvalue weighted by molar-refractivity contribution is 6.36. The second-order valence-electron chi connectivity index (χ2n) is 4.00. The molecule has 0 atom stereocenters. The van der Waals surface area contributed by atoms with Crippen LogP contribution in [0.3, 0.4) is 0 Å². The van der Waals surface area contributed by atoms with Crippen molar-refractivity contribution in [1.82, 2.24) is 10.3 Å². The van der Waals surface area contributed by atoms with Gasteiger partial charge in [0, 0.05) is 33.1 Å². The first-order valence-electron chi connectivity index (χ1n) is 5.91. The van der Waals surface area contributed by atoms with Gasteiger partial charge in [0.05, 0.1) is 0 Å². The number of methoxy groups -OCH3 is 1. The molecule has 0 fully saturated rings.